The topological polar surface area (TPSA) is 85.1 Å². The Labute approximate surface area is 176 Å². The number of benzene rings is 1. The number of hydrogen-bond donors (Lipinski definition) is 1. The van der Waals surface area contributed by atoms with E-state index in [9.17, 15) is 19.3 Å². The van der Waals surface area contributed by atoms with Gasteiger partial charge in [0.2, 0.25) is 0 Å². The number of pyridine rings is 1. The molecule has 0 saturated carbocycles. The minimum absolute atomic E-state index is 0.0901. The Hall–Kier alpha value is -2.20. The maximum atomic E-state index is 13.2. The van der Waals surface area contributed by atoms with E-state index in [0.29, 0.717) is 10.5 Å². The Morgan fingerprint density at radius 2 is 2.00 bits per heavy atom. The third kappa shape index (κ3) is 4.79. The molecular weight excluding hydrogens is 448 g/mol. The van der Waals surface area contributed by atoms with Crippen molar-refractivity contribution in [1.82, 2.24) is 10.3 Å². The molecular formula is C17H10Cl2FN3O3S2. The van der Waals surface area contributed by atoms with Crippen LogP contribution in [0.15, 0.2) is 51.8 Å². The number of nitro groups is 1. The maximum Gasteiger partial charge on any atom is 0.294 e. The molecule has 1 aromatic carbocycles. The summed E-state index contributed by atoms with van der Waals surface area (Å²) in [4.78, 5) is 27.6. The second-order valence-electron chi connectivity index (χ2n) is 5.39. The van der Waals surface area contributed by atoms with Crippen LogP contribution in [0, 0.1) is 15.9 Å². The summed E-state index contributed by atoms with van der Waals surface area (Å²) < 4.78 is 13.5. The molecule has 0 unspecified atom stereocenters. The molecule has 6 nitrogen and oxygen atoms in total. The van der Waals surface area contributed by atoms with Crippen molar-refractivity contribution in [3.63, 3.8) is 0 Å². The number of rotatable bonds is 6. The highest BCUT2D eigenvalue weighted by Crippen LogP contribution is 2.45. The highest BCUT2D eigenvalue weighted by atomic mass is 35.5. The molecule has 28 heavy (non-hydrogen) atoms. The molecule has 144 valence electrons. The van der Waals surface area contributed by atoms with Gasteiger partial charge in [0.1, 0.15) is 14.9 Å². The van der Waals surface area contributed by atoms with Crippen LogP contribution in [0.5, 0.6) is 0 Å². The minimum atomic E-state index is -0.578. The second-order valence-corrected chi connectivity index (χ2v) is 8.53. The molecule has 3 aromatic rings. The number of nitrogens with one attached hydrogen (secondary N) is 1. The Balaban J connectivity index is 1.82. The molecule has 1 amide bonds. The Morgan fingerprint density at radius 1 is 1.29 bits per heavy atom. The number of aromatic nitrogens is 1. The molecule has 2 heterocycles. The summed E-state index contributed by atoms with van der Waals surface area (Å²) >= 11 is 14.1. The van der Waals surface area contributed by atoms with Crippen molar-refractivity contribution in [2.45, 2.75) is 15.6 Å². The van der Waals surface area contributed by atoms with Crippen molar-refractivity contribution in [2.75, 3.05) is 0 Å². The van der Waals surface area contributed by atoms with Gasteiger partial charge < -0.3 is 5.32 Å². The lowest BCUT2D eigenvalue weighted by atomic mass is 10.2. The molecule has 2 aromatic heterocycles. The molecule has 0 fully saturated rings. The third-order valence-corrected chi connectivity index (χ3v) is 6.70. The van der Waals surface area contributed by atoms with Crippen LogP contribution in [0.4, 0.5) is 10.1 Å². The van der Waals surface area contributed by atoms with Crippen molar-refractivity contribution in [2.24, 2.45) is 0 Å². The Morgan fingerprint density at radius 3 is 2.64 bits per heavy atom. The first kappa shape index (κ1) is 20.5. The molecule has 0 aliphatic carbocycles. The van der Waals surface area contributed by atoms with Gasteiger partial charge in [-0.1, -0.05) is 47.1 Å². The molecule has 11 heteroatoms. The van der Waals surface area contributed by atoms with Gasteiger partial charge in [0, 0.05) is 25.0 Å². The largest absolute Gasteiger partial charge is 0.347 e. The van der Waals surface area contributed by atoms with Crippen LogP contribution in [0.3, 0.4) is 0 Å². The monoisotopic (exact) mass is 457 g/mol. The van der Waals surface area contributed by atoms with E-state index in [4.69, 9.17) is 23.2 Å². The fourth-order valence-electron chi connectivity index (χ4n) is 2.18. The van der Waals surface area contributed by atoms with Gasteiger partial charge in [0.15, 0.2) is 0 Å². The Bertz CT molecular complexity index is 1040. The summed E-state index contributed by atoms with van der Waals surface area (Å²) in [7, 11) is 0. The number of hydrogen-bond acceptors (Lipinski definition) is 6. The molecule has 0 saturated heterocycles. The number of carbonyl (C=O) groups is 1. The van der Waals surface area contributed by atoms with E-state index in [1.165, 1.54) is 36.7 Å². The lowest BCUT2D eigenvalue weighted by Crippen LogP contribution is -2.21. The predicted molar refractivity (Wildman–Crippen MR) is 107 cm³/mol. The van der Waals surface area contributed by atoms with Gasteiger partial charge in [-0.3, -0.25) is 19.9 Å². The lowest BCUT2D eigenvalue weighted by molar-refractivity contribution is -0.387. The predicted octanol–water partition coefficient (Wildman–Crippen LogP) is 5.58. The summed E-state index contributed by atoms with van der Waals surface area (Å²) in [5.41, 5.74) is 0.346. The van der Waals surface area contributed by atoms with E-state index >= 15 is 0 Å². The van der Waals surface area contributed by atoms with Crippen LogP contribution < -0.4 is 5.32 Å². The van der Waals surface area contributed by atoms with Crippen molar-refractivity contribution in [3.8, 4) is 0 Å². The van der Waals surface area contributed by atoms with Gasteiger partial charge in [-0.15, -0.1) is 11.3 Å². The summed E-state index contributed by atoms with van der Waals surface area (Å²) in [6, 6.07) is 6.98. The zero-order valence-corrected chi connectivity index (χ0v) is 17.0. The molecule has 0 aliphatic heterocycles. The normalized spacial score (nSPS) is 10.7. The van der Waals surface area contributed by atoms with Crippen LogP contribution in [0.25, 0.3) is 0 Å². The summed E-state index contributed by atoms with van der Waals surface area (Å²) in [5.74, 6) is -0.917. The van der Waals surface area contributed by atoms with E-state index in [2.05, 4.69) is 10.3 Å². The SMILES string of the molecule is O=C(NCc1cccc(F)c1)c1cc([N+](=O)[O-])c(Sc2c(Cl)cncc2Cl)s1. The van der Waals surface area contributed by atoms with Gasteiger partial charge in [-0.25, -0.2) is 4.39 Å². The fraction of sp³-hybridized carbons (Fsp3) is 0.0588. The molecule has 0 spiro atoms. The number of halogens is 3. The Kier molecular flexibility index (Phi) is 6.50. The maximum absolute atomic E-state index is 13.2. The van der Waals surface area contributed by atoms with Crippen molar-refractivity contribution in [3.05, 3.63) is 79.1 Å². The van der Waals surface area contributed by atoms with E-state index in [1.54, 1.807) is 6.07 Å². The van der Waals surface area contributed by atoms with Crippen molar-refractivity contribution < 1.29 is 14.1 Å². The quantitative estimate of drug-likeness (QED) is 0.385. The average molecular weight is 458 g/mol. The summed E-state index contributed by atoms with van der Waals surface area (Å²) in [6.45, 7) is 0.0901. The number of carbonyl (C=O) groups excluding carboxylic acids is 1. The zero-order chi connectivity index (χ0) is 20.3. The third-order valence-electron chi connectivity index (χ3n) is 3.45. The average Bonchev–Trinajstić information content (AvgIpc) is 3.07. The number of thiophene rings is 1. The van der Waals surface area contributed by atoms with Crippen LogP contribution in [-0.4, -0.2) is 15.8 Å². The second kappa shape index (κ2) is 8.87. The first-order valence-corrected chi connectivity index (χ1v) is 10.0. The standard InChI is InChI=1S/C17H10Cl2FN3O3S2/c18-11-7-21-8-12(19)15(11)28-17-13(23(25)26)5-14(27-17)16(24)22-6-9-2-1-3-10(20)4-9/h1-5,7-8H,6H2,(H,22,24). The summed E-state index contributed by atoms with van der Waals surface area (Å²) in [5, 5.41) is 14.5. The smallest absolute Gasteiger partial charge is 0.294 e. The number of amides is 1. The van der Waals surface area contributed by atoms with Crippen LogP contribution in [0.1, 0.15) is 15.2 Å². The fourth-order valence-corrected chi connectivity index (χ4v) is 4.96. The highest BCUT2D eigenvalue weighted by Gasteiger charge is 2.24. The van der Waals surface area contributed by atoms with E-state index < -0.39 is 16.6 Å². The van der Waals surface area contributed by atoms with E-state index in [-0.39, 0.29) is 31.4 Å². The molecule has 3 rings (SSSR count). The first-order valence-electron chi connectivity index (χ1n) is 7.63. The van der Waals surface area contributed by atoms with E-state index in [1.807, 2.05) is 0 Å². The van der Waals surface area contributed by atoms with Crippen LogP contribution >= 0.6 is 46.3 Å². The van der Waals surface area contributed by atoms with E-state index in [0.717, 1.165) is 23.1 Å². The summed E-state index contributed by atoms with van der Waals surface area (Å²) in [6.07, 6.45) is 2.75. The number of nitrogens with zero attached hydrogens (tertiary/aromatic N) is 2. The molecule has 1 N–H and O–H groups in total. The van der Waals surface area contributed by atoms with Gasteiger partial charge >= 0.3 is 0 Å². The van der Waals surface area contributed by atoms with Crippen molar-refractivity contribution in [1.29, 1.82) is 0 Å². The van der Waals surface area contributed by atoms with Gasteiger partial charge in [-0.2, -0.15) is 0 Å². The first-order chi connectivity index (χ1) is 13.3. The van der Waals surface area contributed by atoms with Crippen molar-refractivity contribution >= 4 is 57.9 Å². The minimum Gasteiger partial charge on any atom is -0.347 e. The van der Waals surface area contributed by atoms with Crippen LogP contribution in [0.2, 0.25) is 10.0 Å². The molecule has 0 radical (unpaired) electrons. The van der Waals surface area contributed by atoms with Gasteiger partial charge in [0.05, 0.1) is 19.9 Å². The highest BCUT2D eigenvalue weighted by molar-refractivity contribution is 8.01. The van der Waals surface area contributed by atoms with Gasteiger partial charge in [-0.05, 0) is 17.7 Å². The molecule has 0 aliphatic rings. The zero-order valence-electron chi connectivity index (χ0n) is 13.8. The van der Waals surface area contributed by atoms with Crippen LogP contribution in [-0.2, 0) is 6.54 Å². The van der Waals surface area contributed by atoms with Gasteiger partial charge in [0.25, 0.3) is 11.6 Å². The lowest BCUT2D eigenvalue weighted by Gasteiger charge is -2.04. The molecule has 0 atom stereocenters. The molecule has 0 bridgehead atoms.